The van der Waals surface area contributed by atoms with E-state index in [9.17, 15) is 4.79 Å². The Morgan fingerprint density at radius 2 is 2.12 bits per heavy atom. The lowest BCUT2D eigenvalue weighted by atomic mass is 9.97. The van der Waals surface area contributed by atoms with Crippen molar-refractivity contribution in [2.75, 3.05) is 13.1 Å². The Morgan fingerprint density at radius 3 is 2.85 bits per heavy atom. The molecule has 136 valence electrons. The van der Waals surface area contributed by atoms with Gasteiger partial charge in [0.05, 0.1) is 17.7 Å². The van der Waals surface area contributed by atoms with Crippen LogP contribution in [0.3, 0.4) is 0 Å². The van der Waals surface area contributed by atoms with Crippen molar-refractivity contribution in [3.05, 3.63) is 58.7 Å². The van der Waals surface area contributed by atoms with Crippen molar-refractivity contribution in [2.45, 2.75) is 51.6 Å². The highest BCUT2D eigenvalue weighted by molar-refractivity contribution is 5.83. The number of nitrogens with zero attached hydrogens (tertiary/aromatic N) is 3. The van der Waals surface area contributed by atoms with Gasteiger partial charge in [0.25, 0.3) is 0 Å². The lowest BCUT2D eigenvalue weighted by molar-refractivity contribution is -0.133. The molecule has 5 heteroatoms. The standard InChI is InChI=1S/C21H26N4O/c1-14-5-7-16(8-6-14)15(2)21(26)25-11-9-18-17(13-25)12-23-20(24-18)19-4-3-10-22-19/h5-8,12,15,19,22H,3-4,9-11,13H2,1-2H3/t15-,19-/m0/s1. The van der Waals surface area contributed by atoms with Crippen LogP contribution in [0, 0.1) is 6.92 Å². The molecule has 1 N–H and O–H groups in total. The van der Waals surface area contributed by atoms with Gasteiger partial charge in [-0.05, 0) is 38.8 Å². The van der Waals surface area contributed by atoms with Gasteiger partial charge >= 0.3 is 0 Å². The van der Waals surface area contributed by atoms with Gasteiger partial charge in [-0.3, -0.25) is 4.79 Å². The molecule has 0 spiro atoms. The number of benzene rings is 1. The first-order valence-corrected chi connectivity index (χ1v) is 9.55. The van der Waals surface area contributed by atoms with Crippen LogP contribution in [0.4, 0.5) is 0 Å². The van der Waals surface area contributed by atoms with Gasteiger partial charge < -0.3 is 10.2 Å². The fraction of sp³-hybridized carbons (Fsp3) is 0.476. The third kappa shape index (κ3) is 3.36. The fourth-order valence-electron chi connectivity index (χ4n) is 3.86. The molecule has 5 nitrogen and oxygen atoms in total. The van der Waals surface area contributed by atoms with Crippen molar-refractivity contribution >= 4 is 5.91 Å². The molecule has 2 aliphatic rings. The molecule has 1 fully saturated rings. The Labute approximate surface area is 154 Å². The fourth-order valence-corrected chi connectivity index (χ4v) is 3.86. The Morgan fingerprint density at radius 1 is 1.31 bits per heavy atom. The van der Waals surface area contributed by atoms with Crippen LogP contribution in [0.25, 0.3) is 0 Å². The zero-order valence-electron chi connectivity index (χ0n) is 15.5. The van der Waals surface area contributed by atoms with Crippen LogP contribution in [0.15, 0.2) is 30.5 Å². The van der Waals surface area contributed by atoms with Crippen LogP contribution in [0.2, 0.25) is 0 Å². The largest absolute Gasteiger partial charge is 0.337 e. The maximum absolute atomic E-state index is 12.9. The van der Waals surface area contributed by atoms with E-state index in [0.717, 1.165) is 48.6 Å². The number of nitrogens with one attached hydrogen (secondary N) is 1. The monoisotopic (exact) mass is 350 g/mol. The second-order valence-electron chi connectivity index (χ2n) is 7.49. The number of carbonyl (C=O) groups is 1. The summed E-state index contributed by atoms with van der Waals surface area (Å²) in [6, 6.07) is 8.54. The molecular weight excluding hydrogens is 324 g/mol. The first-order chi connectivity index (χ1) is 12.6. The smallest absolute Gasteiger partial charge is 0.230 e. The summed E-state index contributed by atoms with van der Waals surface area (Å²) in [5.74, 6) is 0.968. The topological polar surface area (TPSA) is 58.1 Å². The van der Waals surface area contributed by atoms with Crippen molar-refractivity contribution < 1.29 is 4.79 Å². The maximum atomic E-state index is 12.9. The van der Waals surface area contributed by atoms with E-state index in [4.69, 9.17) is 4.98 Å². The van der Waals surface area contributed by atoms with Crippen molar-refractivity contribution in [1.29, 1.82) is 0 Å². The molecule has 1 amide bonds. The van der Waals surface area contributed by atoms with Crippen molar-refractivity contribution in [3.8, 4) is 0 Å². The summed E-state index contributed by atoms with van der Waals surface area (Å²) in [6.07, 6.45) is 5.03. The van der Waals surface area contributed by atoms with Gasteiger partial charge in [-0.1, -0.05) is 29.8 Å². The lowest BCUT2D eigenvalue weighted by Gasteiger charge is -2.30. The van der Waals surface area contributed by atoms with Gasteiger partial charge in [-0.25, -0.2) is 9.97 Å². The van der Waals surface area contributed by atoms with E-state index in [2.05, 4.69) is 41.5 Å². The quantitative estimate of drug-likeness (QED) is 0.925. The molecule has 26 heavy (non-hydrogen) atoms. The molecule has 2 aliphatic heterocycles. The normalized spacial score (nSPS) is 20.7. The van der Waals surface area contributed by atoms with E-state index in [1.165, 1.54) is 12.0 Å². The number of fused-ring (bicyclic) bond motifs is 1. The number of amides is 1. The van der Waals surface area contributed by atoms with Crippen molar-refractivity contribution in [1.82, 2.24) is 20.2 Å². The van der Waals surface area contributed by atoms with E-state index < -0.39 is 0 Å². The number of hydrogen-bond donors (Lipinski definition) is 1. The molecule has 3 heterocycles. The predicted octanol–water partition coefficient (Wildman–Crippen LogP) is 2.90. The molecule has 0 radical (unpaired) electrons. The molecule has 1 aromatic carbocycles. The Balaban J connectivity index is 1.47. The van der Waals surface area contributed by atoms with Crippen molar-refractivity contribution in [2.24, 2.45) is 0 Å². The minimum atomic E-state index is -0.125. The van der Waals surface area contributed by atoms with Crippen LogP contribution in [-0.4, -0.2) is 33.9 Å². The van der Waals surface area contributed by atoms with Crippen LogP contribution in [0.5, 0.6) is 0 Å². The third-order valence-electron chi connectivity index (χ3n) is 5.58. The van der Waals surface area contributed by atoms with Crippen LogP contribution < -0.4 is 5.32 Å². The summed E-state index contributed by atoms with van der Waals surface area (Å²) in [5, 5.41) is 3.45. The Kier molecular flexibility index (Phi) is 4.72. The minimum Gasteiger partial charge on any atom is -0.337 e. The SMILES string of the molecule is Cc1ccc([C@H](C)C(=O)N2CCc3nc([C@@H]4CCCN4)ncc3C2)cc1. The van der Waals surface area contributed by atoms with Gasteiger partial charge in [0.1, 0.15) is 5.82 Å². The molecule has 0 unspecified atom stereocenters. The molecule has 0 aliphatic carbocycles. The van der Waals surface area contributed by atoms with E-state index >= 15 is 0 Å². The van der Waals surface area contributed by atoms with Crippen LogP contribution in [-0.2, 0) is 17.8 Å². The van der Waals surface area contributed by atoms with E-state index in [-0.39, 0.29) is 11.8 Å². The van der Waals surface area contributed by atoms with Crippen LogP contribution in [0.1, 0.15) is 59.9 Å². The Hall–Kier alpha value is -2.27. The molecule has 2 aromatic rings. The highest BCUT2D eigenvalue weighted by Crippen LogP contribution is 2.25. The predicted molar refractivity (Wildman–Crippen MR) is 101 cm³/mol. The average molecular weight is 350 g/mol. The summed E-state index contributed by atoms with van der Waals surface area (Å²) in [4.78, 5) is 24.3. The van der Waals surface area contributed by atoms with E-state index in [1.807, 2.05) is 18.0 Å². The summed E-state index contributed by atoms with van der Waals surface area (Å²) in [7, 11) is 0. The summed E-state index contributed by atoms with van der Waals surface area (Å²) >= 11 is 0. The molecule has 2 atom stereocenters. The van der Waals surface area contributed by atoms with Crippen molar-refractivity contribution in [3.63, 3.8) is 0 Å². The first kappa shape index (κ1) is 17.2. The number of aromatic nitrogens is 2. The molecule has 1 aromatic heterocycles. The first-order valence-electron chi connectivity index (χ1n) is 9.55. The van der Waals surface area contributed by atoms with Gasteiger partial charge in [0.15, 0.2) is 0 Å². The number of carbonyl (C=O) groups excluding carboxylic acids is 1. The Bertz CT molecular complexity index is 796. The van der Waals surface area contributed by atoms with Gasteiger partial charge in [0, 0.05) is 31.3 Å². The van der Waals surface area contributed by atoms with Crippen LogP contribution >= 0.6 is 0 Å². The number of hydrogen-bond acceptors (Lipinski definition) is 4. The van der Waals surface area contributed by atoms with Gasteiger partial charge in [0.2, 0.25) is 5.91 Å². The number of rotatable bonds is 3. The minimum absolute atomic E-state index is 0.125. The van der Waals surface area contributed by atoms with Gasteiger partial charge in [-0.15, -0.1) is 0 Å². The highest BCUT2D eigenvalue weighted by Gasteiger charge is 2.27. The molecular formula is C21H26N4O. The lowest BCUT2D eigenvalue weighted by Crippen LogP contribution is -2.39. The molecule has 4 rings (SSSR count). The zero-order chi connectivity index (χ0) is 18.1. The molecule has 1 saturated heterocycles. The second-order valence-corrected chi connectivity index (χ2v) is 7.49. The molecule has 0 bridgehead atoms. The average Bonchev–Trinajstić information content (AvgIpc) is 3.21. The van der Waals surface area contributed by atoms with E-state index in [1.54, 1.807) is 0 Å². The number of aryl methyl sites for hydroxylation is 1. The zero-order valence-corrected chi connectivity index (χ0v) is 15.5. The highest BCUT2D eigenvalue weighted by atomic mass is 16.2. The maximum Gasteiger partial charge on any atom is 0.230 e. The third-order valence-corrected chi connectivity index (χ3v) is 5.58. The molecule has 0 saturated carbocycles. The van der Waals surface area contributed by atoms with Gasteiger partial charge in [-0.2, -0.15) is 0 Å². The van der Waals surface area contributed by atoms with E-state index in [0.29, 0.717) is 12.6 Å². The summed E-state index contributed by atoms with van der Waals surface area (Å²) < 4.78 is 0. The summed E-state index contributed by atoms with van der Waals surface area (Å²) in [5.41, 5.74) is 4.48. The summed E-state index contributed by atoms with van der Waals surface area (Å²) in [6.45, 7) is 6.45. The second kappa shape index (κ2) is 7.16.